The molecule has 0 bridgehead atoms. The lowest BCUT2D eigenvalue weighted by molar-refractivity contribution is 0.0983. The summed E-state index contributed by atoms with van der Waals surface area (Å²) in [7, 11) is 0. The van der Waals surface area contributed by atoms with Crippen LogP contribution in [0.1, 0.15) is 30.3 Å². The molecule has 0 radical (unpaired) electrons. The van der Waals surface area contributed by atoms with Gasteiger partial charge in [0, 0.05) is 12.8 Å². The van der Waals surface area contributed by atoms with E-state index in [0.29, 0.717) is 30.9 Å². The molecular formula is C12H13NO2. The van der Waals surface area contributed by atoms with Gasteiger partial charge in [-0.1, -0.05) is 6.92 Å². The fourth-order valence-electron chi connectivity index (χ4n) is 1.04. The highest BCUT2D eigenvalue weighted by atomic mass is 16.5. The normalized spacial score (nSPS) is 9.33. The van der Waals surface area contributed by atoms with Gasteiger partial charge < -0.3 is 4.74 Å². The van der Waals surface area contributed by atoms with Crippen LogP contribution in [0.15, 0.2) is 18.3 Å². The number of ether oxygens (including phenoxy) is 1. The maximum atomic E-state index is 11.3. The first-order valence-electron chi connectivity index (χ1n) is 4.83. The zero-order chi connectivity index (χ0) is 11.1. The van der Waals surface area contributed by atoms with E-state index in [-0.39, 0.29) is 5.78 Å². The molecule has 78 valence electrons. The Kier molecular flexibility index (Phi) is 4.36. The van der Waals surface area contributed by atoms with E-state index in [9.17, 15) is 4.79 Å². The van der Waals surface area contributed by atoms with Crippen molar-refractivity contribution in [1.29, 1.82) is 0 Å². The molecular weight excluding hydrogens is 190 g/mol. The van der Waals surface area contributed by atoms with Crippen molar-refractivity contribution in [3.8, 4) is 18.1 Å². The van der Waals surface area contributed by atoms with E-state index >= 15 is 0 Å². The van der Waals surface area contributed by atoms with Gasteiger partial charge >= 0.3 is 0 Å². The molecule has 1 aromatic rings. The van der Waals surface area contributed by atoms with E-state index < -0.39 is 0 Å². The van der Waals surface area contributed by atoms with E-state index in [1.54, 1.807) is 25.3 Å². The quantitative estimate of drug-likeness (QED) is 0.418. The molecule has 3 heteroatoms. The second-order valence-electron chi connectivity index (χ2n) is 2.96. The highest BCUT2D eigenvalue weighted by molar-refractivity contribution is 5.93. The molecule has 0 N–H and O–H groups in total. The lowest BCUT2D eigenvalue weighted by atomic mass is 10.2. The van der Waals surface area contributed by atoms with Crippen molar-refractivity contribution < 1.29 is 9.53 Å². The summed E-state index contributed by atoms with van der Waals surface area (Å²) in [6.45, 7) is 2.28. The number of hydrogen-bond donors (Lipinski definition) is 0. The number of rotatable bonds is 5. The van der Waals surface area contributed by atoms with Gasteiger partial charge in [0.1, 0.15) is 11.4 Å². The Morgan fingerprint density at radius 1 is 1.60 bits per heavy atom. The van der Waals surface area contributed by atoms with Gasteiger partial charge in [0.2, 0.25) is 0 Å². The summed E-state index contributed by atoms with van der Waals surface area (Å²) >= 11 is 0. The number of aromatic nitrogens is 1. The lowest BCUT2D eigenvalue weighted by Crippen LogP contribution is -2.01. The van der Waals surface area contributed by atoms with Crippen molar-refractivity contribution in [2.45, 2.75) is 19.8 Å². The first-order valence-corrected chi connectivity index (χ1v) is 4.83. The van der Waals surface area contributed by atoms with E-state index in [4.69, 9.17) is 11.2 Å². The molecule has 15 heavy (non-hydrogen) atoms. The molecule has 0 fully saturated rings. The minimum Gasteiger partial charge on any atom is -0.491 e. The molecule has 0 saturated carbocycles. The van der Waals surface area contributed by atoms with Gasteiger partial charge in [-0.2, -0.15) is 0 Å². The lowest BCUT2D eigenvalue weighted by Gasteiger charge is -2.03. The number of pyridine rings is 1. The van der Waals surface area contributed by atoms with E-state index in [1.165, 1.54) is 0 Å². The molecule has 3 nitrogen and oxygen atoms in total. The molecule has 1 rings (SSSR count). The SMILES string of the molecule is C#CCCOc1ccc(C(=O)CC)nc1. The van der Waals surface area contributed by atoms with Crippen LogP contribution in [0.3, 0.4) is 0 Å². The van der Waals surface area contributed by atoms with Crippen LogP contribution < -0.4 is 4.74 Å². The number of nitrogens with zero attached hydrogens (tertiary/aromatic N) is 1. The van der Waals surface area contributed by atoms with E-state index in [1.807, 2.05) is 0 Å². The van der Waals surface area contributed by atoms with Crippen molar-refractivity contribution in [3.05, 3.63) is 24.0 Å². The van der Waals surface area contributed by atoms with Crippen LogP contribution in [0.5, 0.6) is 5.75 Å². The smallest absolute Gasteiger partial charge is 0.180 e. The van der Waals surface area contributed by atoms with E-state index in [0.717, 1.165) is 0 Å². The van der Waals surface area contributed by atoms with Crippen LogP contribution in [-0.4, -0.2) is 17.4 Å². The van der Waals surface area contributed by atoms with Crippen molar-refractivity contribution in [2.24, 2.45) is 0 Å². The summed E-state index contributed by atoms with van der Waals surface area (Å²) in [4.78, 5) is 15.3. The third kappa shape index (κ3) is 3.43. The third-order valence-corrected chi connectivity index (χ3v) is 1.86. The minimum atomic E-state index is 0.0326. The van der Waals surface area contributed by atoms with Crippen LogP contribution in [-0.2, 0) is 0 Å². The maximum absolute atomic E-state index is 11.3. The number of terminal acetylenes is 1. The number of carbonyl (C=O) groups excluding carboxylic acids is 1. The van der Waals surface area contributed by atoms with Crippen molar-refractivity contribution in [1.82, 2.24) is 4.98 Å². The molecule has 0 aliphatic rings. The first-order chi connectivity index (χ1) is 7.27. The second kappa shape index (κ2) is 5.82. The predicted molar refractivity (Wildman–Crippen MR) is 57.8 cm³/mol. The Morgan fingerprint density at radius 2 is 2.40 bits per heavy atom. The highest BCUT2D eigenvalue weighted by Gasteiger charge is 2.03. The van der Waals surface area contributed by atoms with Gasteiger partial charge in [0.25, 0.3) is 0 Å². The Morgan fingerprint density at radius 3 is 2.93 bits per heavy atom. The zero-order valence-electron chi connectivity index (χ0n) is 8.69. The molecule has 0 atom stereocenters. The Labute approximate surface area is 89.5 Å². The first kappa shape index (κ1) is 11.3. The van der Waals surface area contributed by atoms with Gasteiger partial charge in [0.15, 0.2) is 5.78 Å². The molecule has 1 aromatic heterocycles. The van der Waals surface area contributed by atoms with Gasteiger partial charge in [0.05, 0.1) is 12.8 Å². The number of hydrogen-bond acceptors (Lipinski definition) is 3. The monoisotopic (exact) mass is 203 g/mol. The predicted octanol–water partition coefficient (Wildman–Crippen LogP) is 2.08. The summed E-state index contributed by atoms with van der Waals surface area (Å²) in [6, 6.07) is 3.39. The largest absolute Gasteiger partial charge is 0.491 e. The standard InChI is InChI=1S/C12H13NO2/c1-3-5-8-15-10-6-7-11(13-9-10)12(14)4-2/h1,6-7,9H,4-5,8H2,2H3. The number of carbonyl (C=O) groups is 1. The molecule has 0 saturated heterocycles. The molecule has 0 aliphatic carbocycles. The Hall–Kier alpha value is -1.82. The fourth-order valence-corrected chi connectivity index (χ4v) is 1.04. The minimum absolute atomic E-state index is 0.0326. The highest BCUT2D eigenvalue weighted by Crippen LogP contribution is 2.10. The van der Waals surface area contributed by atoms with Crippen molar-refractivity contribution >= 4 is 5.78 Å². The van der Waals surface area contributed by atoms with Crippen LogP contribution in [0, 0.1) is 12.3 Å². The maximum Gasteiger partial charge on any atom is 0.180 e. The third-order valence-electron chi connectivity index (χ3n) is 1.86. The summed E-state index contributed by atoms with van der Waals surface area (Å²) in [5.74, 6) is 3.15. The van der Waals surface area contributed by atoms with Gasteiger partial charge in [-0.25, -0.2) is 4.98 Å². The van der Waals surface area contributed by atoms with Crippen LogP contribution >= 0.6 is 0 Å². The average Bonchev–Trinajstić information content (AvgIpc) is 2.29. The Balaban J connectivity index is 2.57. The molecule has 0 aromatic carbocycles. The van der Waals surface area contributed by atoms with E-state index in [2.05, 4.69) is 10.9 Å². The summed E-state index contributed by atoms with van der Waals surface area (Å²) in [5.41, 5.74) is 0.474. The van der Waals surface area contributed by atoms with Crippen molar-refractivity contribution in [2.75, 3.05) is 6.61 Å². The summed E-state index contributed by atoms with van der Waals surface area (Å²) in [6.07, 6.45) is 7.65. The van der Waals surface area contributed by atoms with Gasteiger partial charge in [-0.3, -0.25) is 4.79 Å². The molecule has 0 aliphatic heterocycles. The molecule has 0 amide bonds. The Bertz CT molecular complexity index is 362. The fraction of sp³-hybridized carbons (Fsp3) is 0.333. The van der Waals surface area contributed by atoms with Gasteiger partial charge in [-0.05, 0) is 12.1 Å². The van der Waals surface area contributed by atoms with Crippen LogP contribution in [0.4, 0.5) is 0 Å². The summed E-state index contributed by atoms with van der Waals surface area (Å²) < 4.78 is 5.30. The zero-order valence-corrected chi connectivity index (χ0v) is 8.69. The van der Waals surface area contributed by atoms with Crippen LogP contribution in [0.25, 0.3) is 0 Å². The second-order valence-corrected chi connectivity index (χ2v) is 2.96. The average molecular weight is 203 g/mol. The van der Waals surface area contributed by atoms with Gasteiger partial charge in [-0.15, -0.1) is 12.3 Å². The molecule has 0 unspecified atom stereocenters. The topological polar surface area (TPSA) is 39.2 Å². The number of Topliss-reactive ketones (excluding diaryl/α,β-unsaturated/α-hetero) is 1. The summed E-state index contributed by atoms with van der Waals surface area (Å²) in [5, 5.41) is 0. The number of ketones is 1. The van der Waals surface area contributed by atoms with Crippen molar-refractivity contribution in [3.63, 3.8) is 0 Å². The molecule has 0 spiro atoms. The van der Waals surface area contributed by atoms with Crippen LogP contribution in [0.2, 0.25) is 0 Å². The molecule has 1 heterocycles.